The summed E-state index contributed by atoms with van der Waals surface area (Å²) in [7, 11) is 0. The summed E-state index contributed by atoms with van der Waals surface area (Å²) in [6.07, 6.45) is 6.79. The van der Waals surface area contributed by atoms with Crippen molar-refractivity contribution in [2.75, 3.05) is 0 Å². The van der Waals surface area contributed by atoms with Gasteiger partial charge >= 0.3 is 0 Å². The molecule has 1 aliphatic rings. The molecule has 1 saturated carbocycles. The lowest BCUT2D eigenvalue weighted by Crippen LogP contribution is -2.27. The zero-order valence-electron chi connectivity index (χ0n) is 11.4. The van der Waals surface area contributed by atoms with Crippen LogP contribution in [0.25, 0.3) is 5.65 Å². The predicted molar refractivity (Wildman–Crippen MR) is 72.7 cm³/mol. The summed E-state index contributed by atoms with van der Waals surface area (Å²) in [5.74, 6) is 1.43. The highest BCUT2D eigenvalue weighted by atomic mass is 15.2. The molecule has 4 heteroatoms. The molecule has 0 radical (unpaired) electrons. The first-order valence-corrected chi connectivity index (χ1v) is 6.86. The van der Waals surface area contributed by atoms with E-state index < -0.39 is 0 Å². The minimum Gasteiger partial charge on any atom is -0.285 e. The average molecular weight is 254 g/mol. The molecule has 0 bridgehead atoms. The molecule has 0 spiro atoms. The Morgan fingerprint density at radius 2 is 2.16 bits per heavy atom. The van der Waals surface area contributed by atoms with Crippen LogP contribution in [0.4, 0.5) is 0 Å². The first kappa shape index (κ1) is 12.2. The number of rotatable bonds is 1. The van der Waals surface area contributed by atoms with Gasteiger partial charge in [-0.2, -0.15) is 5.26 Å². The predicted octanol–water partition coefficient (Wildman–Crippen LogP) is 3.28. The van der Waals surface area contributed by atoms with Crippen LogP contribution in [-0.4, -0.2) is 14.6 Å². The summed E-state index contributed by atoms with van der Waals surface area (Å²) in [4.78, 5) is 0. The summed E-state index contributed by atoms with van der Waals surface area (Å²) < 4.78 is 2.00. The van der Waals surface area contributed by atoms with Crippen LogP contribution >= 0.6 is 0 Å². The first-order chi connectivity index (χ1) is 9.12. The minimum atomic E-state index is 0.254. The second kappa shape index (κ2) is 4.34. The SMILES string of the molecule is CC1(C)CCCCC1c1nnc2ccc(C#N)cn12. The molecular weight excluding hydrogens is 236 g/mol. The lowest BCUT2D eigenvalue weighted by atomic mass is 9.68. The molecule has 1 atom stereocenters. The van der Waals surface area contributed by atoms with Crippen LogP contribution in [-0.2, 0) is 0 Å². The molecule has 0 saturated heterocycles. The maximum Gasteiger partial charge on any atom is 0.160 e. The monoisotopic (exact) mass is 254 g/mol. The number of nitrogens with zero attached hydrogens (tertiary/aromatic N) is 4. The van der Waals surface area contributed by atoms with Crippen LogP contribution in [0.3, 0.4) is 0 Å². The van der Waals surface area contributed by atoms with Crippen molar-refractivity contribution in [1.29, 1.82) is 5.26 Å². The normalized spacial score (nSPS) is 22.3. The van der Waals surface area contributed by atoms with Crippen molar-refractivity contribution in [3.63, 3.8) is 0 Å². The van der Waals surface area contributed by atoms with Gasteiger partial charge in [-0.25, -0.2) is 0 Å². The Kier molecular flexibility index (Phi) is 2.78. The van der Waals surface area contributed by atoms with Crippen LogP contribution in [0.5, 0.6) is 0 Å². The third-order valence-corrected chi connectivity index (χ3v) is 4.38. The molecule has 4 nitrogen and oxygen atoms in total. The smallest absolute Gasteiger partial charge is 0.160 e. The van der Waals surface area contributed by atoms with Gasteiger partial charge in [0.25, 0.3) is 0 Å². The number of hydrogen-bond acceptors (Lipinski definition) is 3. The molecule has 0 aromatic carbocycles. The third-order valence-electron chi connectivity index (χ3n) is 4.38. The van der Waals surface area contributed by atoms with Gasteiger partial charge in [0.15, 0.2) is 5.65 Å². The summed E-state index contributed by atoms with van der Waals surface area (Å²) in [5, 5.41) is 17.7. The quantitative estimate of drug-likeness (QED) is 0.784. The largest absolute Gasteiger partial charge is 0.285 e. The number of fused-ring (bicyclic) bond motifs is 1. The average Bonchev–Trinajstić information content (AvgIpc) is 2.81. The first-order valence-electron chi connectivity index (χ1n) is 6.86. The second-order valence-corrected chi connectivity index (χ2v) is 6.10. The van der Waals surface area contributed by atoms with Crippen molar-refractivity contribution in [2.24, 2.45) is 5.41 Å². The molecule has 1 unspecified atom stereocenters. The summed E-state index contributed by atoms with van der Waals surface area (Å²) in [6, 6.07) is 5.84. The van der Waals surface area contributed by atoms with Crippen LogP contribution in [0.15, 0.2) is 18.3 Å². The van der Waals surface area contributed by atoms with Gasteiger partial charge in [0, 0.05) is 12.1 Å². The van der Waals surface area contributed by atoms with Gasteiger partial charge in [0.05, 0.1) is 5.56 Å². The molecule has 19 heavy (non-hydrogen) atoms. The van der Waals surface area contributed by atoms with Gasteiger partial charge in [-0.15, -0.1) is 10.2 Å². The number of nitriles is 1. The molecule has 0 aliphatic heterocycles. The van der Waals surface area contributed by atoms with Crippen LogP contribution in [0, 0.1) is 16.7 Å². The van der Waals surface area contributed by atoms with Crippen molar-refractivity contribution < 1.29 is 0 Å². The van der Waals surface area contributed by atoms with Crippen LogP contribution in [0.1, 0.15) is 56.8 Å². The number of pyridine rings is 1. The van der Waals surface area contributed by atoms with Gasteiger partial charge in [0.1, 0.15) is 11.9 Å². The van der Waals surface area contributed by atoms with E-state index in [1.807, 2.05) is 16.7 Å². The van der Waals surface area contributed by atoms with Crippen molar-refractivity contribution in [3.8, 4) is 6.07 Å². The molecule has 2 heterocycles. The Bertz CT molecular complexity index is 648. The molecular formula is C15H18N4. The van der Waals surface area contributed by atoms with Gasteiger partial charge in [-0.3, -0.25) is 4.40 Å². The molecule has 2 aromatic heterocycles. The van der Waals surface area contributed by atoms with E-state index in [0.29, 0.717) is 11.5 Å². The van der Waals surface area contributed by atoms with E-state index >= 15 is 0 Å². The van der Waals surface area contributed by atoms with E-state index in [4.69, 9.17) is 5.26 Å². The lowest BCUT2D eigenvalue weighted by molar-refractivity contribution is 0.191. The highest BCUT2D eigenvalue weighted by molar-refractivity contribution is 5.43. The Balaban J connectivity index is 2.12. The van der Waals surface area contributed by atoms with Gasteiger partial charge in [-0.1, -0.05) is 26.7 Å². The van der Waals surface area contributed by atoms with E-state index in [-0.39, 0.29) is 5.41 Å². The van der Waals surface area contributed by atoms with E-state index in [1.165, 1.54) is 19.3 Å². The van der Waals surface area contributed by atoms with E-state index in [2.05, 4.69) is 30.1 Å². The second-order valence-electron chi connectivity index (χ2n) is 6.10. The Labute approximate surface area is 113 Å². The Hall–Kier alpha value is -1.89. The van der Waals surface area contributed by atoms with Crippen molar-refractivity contribution in [2.45, 2.75) is 45.4 Å². The zero-order chi connectivity index (χ0) is 13.5. The minimum absolute atomic E-state index is 0.254. The summed E-state index contributed by atoms with van der Waals surface area (Å²) in [5.41, 5.74) is 1.74. The van der Waals surface area contributed by atoms with Gasteiger partial charge in [-0.05, 0) is 30.4 Å². The molecule has 3 rings (SSSR count). The van der Waals surface area contributed by atoms with Crippen LogP contribution in [0.2, 0.25) is 0 Å². The molecule has 2 aromatic rings. The summed E-state index contributed by atoms with van der Waals surface area (Å²) >= 11 is 0. The number of hydrogen-bond donors (Lipinski definition) is 0. The van der Waals surface area contributed by atoms with E-state index in [0.717, 1.165) is 17.9 Å². The van der Waals surface area contributed by atoms with Crippen molar-refractivity contribution >= 4 is 5.65 Å². The topological polar surface area (TPSA) is 54.0 Å². The van der Waals surface area contributed by atoms with Crippen LogP contribution < -0.4 is 0 Å². The van der Waals surface area contributed by atoms with Gasteiger partial charge < -0.3 is 0 Å². The standard InChI is InChI=1S/C15H18N4/c1-15(2)8-4-3-5-12(15)14-18-17-13-7-6-11(9-16)10-19(13)14/h6-7,10,12H,3-5,8H2,1-2H3. The van der Waals surface area contributed by atoms with E-state index in [1.54, 1.807) is 6.07 Å². The molecule has 1 fully saturated rings. The maximum atomic E-state index is 9.03. The Morgan fingerprint density at radius 1 is 1.32 bits per heavy atom. The molecule has 0 amide bonds. The fourth-order valence-corrected chi connectivity index (χ4v) is 3.18. The number of aromatic nitrogens is 3. The molecule has 1 aliphatic carbocycles. The molecule has 98 valence electrons. The van der Waals surface area contributed by atoms with E-state index in [9.17, 15) is 0 Å². The lowest BCUT2D eigenvalue weighted by Gasteiger charge is -2.37. The zero-order valence-corrected chi connectivity index (χ0v) is 11.4. The van der Waals surface area contributed by atoms with Crippen molar-refractivity contribution in [1.82, 2.24) is 14.6 Å². The summed E-state index contributed by atoms with van der Waals surface area (Å²) in [6.45, 7) is 4.62. The van der Waals surface area contributed by atoms with Gasteiger partial charge in [0.2, 0.25) is 0 Å². The molecule has 0 N–H and O–H groups in total. The van der Waals surface area contributed by atoms with Crippen molar-refractivity contribution in [3.05, 3.63) is 29.7 Å². The fraction of sp³-hybridized carbons (Fsp3) is 0.533. The highest BCUT2D eigenvalue weighted by Gasteiger charge is 2.36. The third kappa shape index (κ3) is 1.99. The highest BCUT2D eigenvalue weighted by Crippen LogP contribution is 2.46. The maximum absolute atomic E-state index is 9.03. The Morgan fingerprint density at radius 3 is 2.89 bits per heavy atom. The fourth-order valence-electron chi connectivity index (χ4n) is 3.18.